The number of nitrogens with two attached hydrogens (primary N) is 1. The summed E-state index contributed by atoms with van der Waals surface area (Å²) in [7, 11) is 0. The first kappa shape index (κ1) is 15.1. The van der Waals surface area contributed by atoms with Gasteiger partial charge in [0.05, 0.1) is 31.2 Å². The first-order chi connectivity index (χ1) is 11.7. The second kappa shape index (κ2) is 5.85. The minimum absolute atomic E-state index is 0.387. The normalized spacial score (nSPS) is 19.2. The molecule has 1 fully saturated rings. The standard InChI is InChI=1S/C19H19N3O2/c1-19(23-9-10-24-19)14-7-8-16-15(11-14)18(21-12-17(20)22-16)13-5-3-2-4-6-13/h2-8,11H,9-10,12H2,1H3,(H2,20,22). The number of amidine groups is 1. The van der Waals surface area contributed by atoms with Gasteiger partial charge in [0, 0.05) is 16.7 Å². The van der Waals surface area contributed by atoms with E-state index in [1.54, 1.807) is 0 Å². The molecule has 0 radical (unpaired) electrons. The highest BCUT2D eigenvalue weighted by molar-refractivity contribution is 6.17. The van der Waals surface area contributed by atoms with Crippen LogP contribution in [0.3, 0.4) is 0 Å². The van der Waals surface area contributed by atoms with Crippen molar-refractivity contribution in [1.29, 1.82) is 0 Å². The van der Waals surface area contributed by atoms with Crippen molar-refractivity contribution in [2.45, 2.75) is 12.7 Å². The quantitative estimate of drug-likeness (QED) is 0.924. The van der Waals surface area contributed by atoms with Crippen LogP contribution < -0.4 is 5.73 Å². The number of benzene rings is 2. The van der Waals surface area contributed by atoms with Crippen molar-refractivity contribution >= 4 is 17.2 Å². The van der Waals surface area contributed by atoms with Gasteiger partial charge in [-0.1, -0.05) is 36.4 Å². The molecule has 2 aliphatic heterocycles. The van der Waals surface area contributed by atoms with Crippen molar-refractivity contribution in [2.24, 2.45) is 15.7 Å². The third kappa shape index (κ3) is 2.62. The molecule has 0 spiro atoms. The number of rotatable bonds is 2. The summed E-state index contributed by atoms with van der Waals surface area (Å²) in [5.74, 6) is -0.215. The minimum Gasteiger partial charge on any atom is -0.386 e. The van der Waals surface area contributed by atoms with E-state index >= 15 is 0 Å². The molecule has 4 rings (SSSR count). The van der Waals surface area contributed by atoms with Gasteiger partial charge in [0.2, 0.25) is 0 Å². The van der Waals surface area contributed by atoms with E-state index in [-0.39, 0.29) is 0 Å². The van der Waals surface area contributed by atoms with Gasteiger partial charge in [-0.3, -0.25) is 4.99 Å². The predicted molar refractivity (Wildman–Crippen MR) is 93.9 cm³/mol. The topological polar surface area (TPSA) is 69.2 Å². The largest absolute Gasteiger partial charge is 0.386 e. The molecule has 0 aliphatic carbocycles. The predicted octanol–water partition coefficient (Wildman–Crippen LogP) is 2.75. The average molecular weight is 321 g/mol. The SMILES string of the molecule is CC1(c2ccc3c(c2)C(c2ccccc2)=NCC(N)=N3)OCCO1. The fourth-order valence-corrected chi connectivity index (χ4v) is 3.06. The maximum absolute atomic E-state index is 5.97. The molecule has 0 bridgehead atoms. The summed E-state index contributed by atoms with van der Waals surface area (Å²) in [5, 5.41) is 0. The molecule has 5 nitrogen and oxygen atoms in total. The Hall–Kier alpha value is -2.50. The molecule has 24 heavy (non-hydrogen) atoms. The molecule has 0 saturated carbocycles. The maximum atomic E-state index is 5.97. The smallest absolute Gasteiger partial charge is 0.192 e. The van der Waals surface area contributed by atoms with E-state index in [1.807, 2.05) is 49.4 Å². The Labute approximate surface area is 140 Å². The number of hydrogen-bond donors (Lipinski definition) is 1. The van der Waals surface area contributed by atoms with Crippen LogP contribution in [0.4, 0.5) is 5.69 Å². The van der Waals surface area contributed by atoms with E-state index in [2.05, 4.69) is 16.1 Å². The lowest BCUT2D eigenvalue weighted by Gasteiger charge is -2.24. The molecule has 2 aliphatic rings. The zero-order chi connectivity index (χ0) is 16.6. The summed E-state index contributed by atoms with van der Waals surface area (Å²) in [6.45, 7) is 3.52. The number of aliphatic imine (C=N–C) groups is 2. The lowest BCUT2D eigenvalue weighted by molar-refractivity contribution is -0.149. The molecule has 0 amide bonds. The van der Waals surface area contributed by atoms with Gasteiger partial charge in [0.15, 0.2) is 5.79 Å². The fraction of sp³-hybridized carbons (Fsp3) is 0.263. The molecule has 2 N–H and O–H groups in total. The highest BCUT2D eigenvalue weighted by Crippen LogP contribution is 2.35. The van der Waals surface area contributed by atoms with Crippen LogP contribution >= 0.6 is 0 Å². The lowest BCUT2D eigenvalue weighted by atomic mass is 9.96. The molecule has 0 atom stereocenters. The third-order valence-corrected chi connectivity index (χ3v) is 4.32. The highest BCUT2D eigenvalue weighted by Gasteiger charge is 2.34. The van der Waals surface area contributed by atoms with E-state index in [0.29, 0.717) is 25.6 Å². The minimum atomic E-state index is -0.724. The molecular weight excluding hydrogens is 302 g/mol. The molecule has 122 valence electrons. The molecule has 2 aromatic rings. The molecule has 5 heteroatoms. The van der Waals surface area contributed by atoms with Crippen molar-refractivity contribution in [3.63, 3.8) is 0 Å². The van der Waals surface area contributed by atoms with Gasteiger partial charge in [0.25, 0.3) is 0 Å². The van der Waals surface area contributed by atoms with E-state index in [0.717, 1.165) is 28.1 Å². The van der Waals surface area contributed by atoms with E-state index in [1.165, 1.54) is 0 Å². The number of ether oxygens (including phenoxy) is 2. The van der Waals surface area contributed by atoms with Gasteiger partial charge >= 0.3 is 0 Å². The Kier molecular flexibility index (Phi) is 3.67. The first-order valence-electron chi connectivity index (χ1n) is 8.01. The second-order valence-corrected chi connectivity index (χ2v) is 6.01. The zero-order valence-electron chi connectivity index (χ0n) is 13.5. The second-order valence-electron chi connectivity index (χ2n) is 6.01. The zero-order valence-corrected chi connectivity index (χ0v) is 13.5. The Balaban J connectivity index is 1.87. The average Bonchev–Trinajstić information content (AvgIpc) is 2.97. The Morgan fingerprint density at radius 2 is 1.79 bits per heavy atom. The van der Waals surface area contributed by atoms with Crippen molar-refractivity contribution in [3.8, 4) is 0 Å². The molecule has 2 heterocycles. The Morgan fingerprint density at radius 1 is 1.04 bits per heavy atom. The van der Waals surface area contributed by atoms with Gasteiger partial charge in [0.1, 0.15) is 5.84 Å². The van der Waals surface area contributed by atoms with Crippen molar-refractivity contribution in [3.05, 3.63) is 65.2 Å². The lowest BCUT2D eigenvalue weighted by Crippen LogP contribution is -2.22. The van der Waals surface area contributed by atoms with Crippen LogP contribution in [-0.2, 0) is 15.3 Å². The summed E-state index contributed by atoms with van der Waals surface area (Å²) in [5.41, 5.74) is 10.6. The van der Waals surface area contributed by atoms with Gasteiger partial charge < -0.3 is 15.2 Å². The highest BCUT2D eigenvalue weighted by atomic mass is 16.7. The van der Waals surface area contributed by atoms with E-state index in [4.69, 9.17) is 15.2 Å². The van der Waals surface area contributed by atoms with Crippen LogP contribution in [0.15, 0.2) is 58.5 Å². The molecule has 0 aromatic heterocycles. The van der Waals surface area contributed by atoms with Crippen molar-refractivity contribution in [2.75, 3.05) is 19.8 Å². The third-order valence-electron chi connectivity index (χ3n) is 4.32. The van der Waals surface area contributed by atoms with Gasteiger partial charge in [-0.05, 0) is 19.1 Å². The van der Waals surface area contributed by atoms with Gasteiger partial charge in [-0.25, -0.2) is 4.99 Å². The van der Waals surface area contributed by atoms with Crippen molar-refractivity contribution < 1.29 is 9.47 Å². The fourth-order valence-electron chi connectivity index (χ4n) is 3.06. The van der Waals surface area contributed by atoms with Gasteiger partial charge in [-0.15, -0.1) is 0 Å². The Bertz CT molecular complexity index is 822. The summed E-state index contributed by atoms with van der Waals surface area (Å²) >= 11 is 0. The van der Waals surface area contributed by atoms with E-state index in [9.17, 15) is 0 Å². The number of fused-ring (bicyclic) bond motifs is 1. The molecule has 2 aromatic carbocycles. The monoisotopic (exact) mass is 321 g/mol. The molecular formula is C19H19N3O2. The van der Waals surface area contributed by atoms with Gasteiger partial charge in [-0.2, -0.15) is 0 Å². The summed E-state index contributed by atoms with van der Waals surface area (Å²) in [6, 6.07) is 16.1. The van der Waals surface area contributed by atoms with Crippen LogP contribution in [0, 0.1) is 0 Å². The number of nitrogens with zero attached hydrogens (tertiary/aromatic N) is 2. The first-order valence-corrected chi connectivity index (χ1v) is 8.01. The van der Waals surface area contributed by atoms with Crippen molar-refractivity contribution in [1.82, 2.24) is 0 Å². The molecule has 0 unspecified atom stereocenters. The Morgan fingerprint density at radius 3 is 2.54 bits per heavy atom. The van der Waals surface area contributed by atoms with Crippen LogP contribution in [0.5, 0.6) is 0 Å². The van der Waals surface area contributed by atoms with Crippen LogP contribution in [0.1, 0.15) is 23.6 Å². The molecule has 1 saturated heterocycles. The maximum Gasteiger partial charge on any atom is 0.192 e. The summed E-state index contributed by atoms with van der Waals surface area (Å²) in [6.07, 6.45) is 0. The number of hydrogen-bond acceptors (Lipinski definition) is 5. The van der Waals surface area contributed by atoms with E-state index < -0.39 is 5.79 Å². The van der Waals surface area contributed by atoms with Crippen LogP contribution in [0.25, 0.3) is 0 Å². The summed E-state index contributed by atoms with van der Waals surface area (Å²) < 4.78 is 11.6. The van der Waals surface area contributed by atoms with Crippen LogP contribution in [-0.4, -0.2) is 31.3 Å². The summed E-state index contributed by atoms with van der Waals surface area (Å²) in [4.78, 5) is 9.19. The van der Waals surface area contributed by atoms with Crippen LogP contribution in [0.2, 0.25) is 0 Å².